The Labute approximate surface area is 166 Å². The Hall–Kier alpha value is -2.34. The van der Waals surface area contributed by atoms with E-state index < -0.39 is 22.0 Å². The third kappa shape index (κ3) is 7.00. The maximum Gasteiger partial charge on any atom is 0.419 e. The molecule has 0 saturated carbocycles. The molecule has 0 saturated heterocycles. The van der Waals surface area contributed by atoms with Crippen LogP contribution >= 0.6 is 0 Å². The molecular formula is C20H26N2O5S. The summed E-state index contributed by atoms with van der Waals surface area (Å²) in [5.41, 5.74) is 1.31. The summed E-state index contributed by atoms with van der Waals surface area (Å²) in [6.45, 7) is 5.47. The highest BCUT2D eigenvalue weighted by Crippen LogP contribution is 2.24. The predicted octanol–water partition coefficient (Wildman–Crippen LogP) is 3.36. The van der Waals surface area contributed by atoms with Gasteiger partial charge in [0.2, 0.25) is 0 Å². The molecular weight excluding hydrogens is 380 g/mol. The Kier molecular flexibility index (Phi) is 7.24. The molecule has 8 heteroatoms. The molecule has 0 atom stereocenters. The number of aromatic nitrogens is 1. The molecule has 2 N–H and O–H groups in total. The van der Waals surface area contributed by atoms with Crippen LogP contribution in [0.15, 0.2) is 30.5 Å². The number of ether oxygens (including phenoxy) is 1. The first-order valence-corrected chi connectivity index (χ1v) is 10.5. The Morgan fingerprint density at radius 1 is 1.18 bits per heavy atom. The fourth-order valence-electron chi connectivity index (χ4n) is 2.66. The van der Waals surface area contributed by atoms with E-state index in [1.54, 1.807) is 4.57 Å². The Morgan fingerprint density at radius 3 is 2.54 bits per heavy atom. The van der Waals surface area contributed by atoms with E-state index in [9.17, 15) is 13.2 Å². The van der Waals surface area contributed by atoms with Gasteiger partial charge in [-0.15, -0.1) is 11.8 Å². The van der Waals surface area contributed by atoms with Gasteiger partial charge in [-0.2, -0.15) is 8.42 Å². The number of nitrogens with zero attached hydrogens (tertiary/aromatic N) is 1. The molecule has 2 aromatic rings. The molecule has 0 spiro atoms. The van der Waals surface area contributed by atoms with Gasteiger partial charge in [-0.25, -0.2) is 9.93 Å². The molecule has 1 aromatic carbocycles. The number of hydrogen-bond donors (Lipinski definition) is 1. The van der Waals surface area contributed by atoms with Crippen LogP contribution in [0.1, 0.15) is 45.6 Å². The average Bonchev–Trinajstić information content (AvgIpc) is 2.94. The van der Waals surface area contributed by atoms with Crippen molar-refractivity contribution in [2.75, 3.05) is 6.61 Å². The fraction of sp³-hybridized carbons (Fsp3) is 0.450. The SMILES string of the molecule is CC(C)(C)OC(=O)n1cc(CCCC#CCCOS(N)(=O)=O)c2ccccc21. The van der Waals surface area contributed by atoms with E-state index in [4.69, 9.17) is 9.88 Å². The first kappa shape index (κ1) is 22.0. The maximum atomic E-state index is 12.5. The van der Waals surface area contributed by atoms with Gasteiger partial charge >= 0.3 is 16.4 Å². The van der Waals surface area contributed by atoms with Gasteiger partial charge in [0.25, 0.3) is 0 Å². The van der Waals surface area contributed by atoms with Crippen LogP contribution in [0.4, 0.5) is 4.79 Å². The standard InChI is InChI=1S/C20H26N2O5S/c1-20(2,3)27-19(23)22-15-16(17-12-8-9-13-18(17)22)11-7-5-4-6-10-14-26-28(21,24)25/h8-9,12-13,15H,5,7,10-11,14H2,1-3H3,(H2,21,24,25). The van der Waals surface area contributed by atoms with Crippen molar-refractivity contribution in [1.29, 1.82) is 0 Å². The molecule has 0 bridgehead atoms. The minimum Gasteiger partial charge on any atom is -0.443 e. The first-order valence-electron chi connectivity index (χ1n) is 9.02. The van der Waals surface area contributed by atoms with Crippen molar-refractivity contribution in [2.45, 2.75) is 52.1 Å². The quantitative estimate of drug-likeness (QED) is 0.586. The van der Waals surface area contributed by atoms with Crippen molar-refractivity contribution in [3.05, 3.63) is 36.0 Å². The van der Waals surface area contributed by atoms with E-state index in [0.29, 0.717) is 12.8 Å². The monoisotopic (exact) mass is 406 g/mol. The van der Waals surface area contributed by atoms with Crippen LogP contribution in [-0.2, 0) is 25.6 Å². The number of carbonyl (C=O) groups is 1. The van der Waals surface area contributed by atoms with Gasteiger partial charge in [-0.3, -0.25) is 8.75 Å². The largest absolute Gasteiger partial charge is 0.443 e. The van der Waals surface area contributed by atoms with Crippen LogP contribution in [0.25, 0.3) is 10.9 Å². The molecule has 2 rings (SSSR count). The zero-order valence-electron chi connectivity index (χ0n) is 16.4. The molecule has 0 radical (unpaired) electrons. The summed E-state index contributed by atoms with van der Waals surface area (Å²) in [7, 11) is -3.90. The van der Waals surface area contributed by atoms with Gasteiger partial charge in [0.05, 0.1) is 12.1 Å². The van der Waals surface area contributed by atoms with E-state index in [-0.39, 0.29) is 6.61 Å². The van der Waals surface area contributed by atoms with Crippen molar-refractivity contribution in [2.24, 2.45) is 5.14 Å². The lowest BCUT2D eigenvalue weighted by molar-refractivity contribution is 0.0544. The molecule has 1 heterocycles. The Balaban J connectivity index is 1.98. The van der Waals surface area contributed by atoms with Gasteiger partial charge in [-0.1, -0.05) is 18.2 Å². The van der Waals surface area contributed by atoms with Crippen molar-refractivity contribution in [3.8, 4) is 11.8 Å². The number of hydrogen-bond acceptors (Lipinski definition) is 5. The van der Waals surface area contributed by atoms with Crippen LogP contribution in [0.2, 0.25) is 0 Å². The highest BCUT2D eigenvalue weighted by Gasteiger charge is 2.20. The number of carbonyl (C=O) groups excluding carboxylic acids is 1. The van der Waals surface area contributed by atoms with Crippen molar-refractivity contribution in [1.82, 2.24) is 4.57 Å². The van der Waals surface area contributed by atoms with Crippen LogP contribution < -0.4 is 5.14 Å². The van der Waals surface area contributed by atoms with Gasteiger partial charge in [0.15, 0.2) is 0 Å². The van der Waals surface area contributed by atoms with Crippen molar-refractivity contribution < 1.29 is 22.1 Å². The van der Waals surface area contributed by atoms with Crippen LogP contribution in [0.3, 0.4) is 0 Å². The van der Waals surface area contributed by atoms with E-state index in [0.717, 1.165) is 29.3 Å². The molecule has 0 amide bonds. The summed E-state index contributed by atoms with van der Waals surface area (Å²) in [4.78, 5) is 12.5. The minimum absolute atomic E-state index is 0.0464. The lowest BCUT2D eigenvalue weighted by atomic mass is 10.1. The predicted molar refractivity (Wildman–Crippen MR) is 108 cm³/mol. The summed E-state index contributed by atoms with van der Waals surface area (Å²) in [5, 5.41) is 5.75. The Bertz CT molecular complexity index is 991. The van der Waals surface area contributed by atoms with Crippen molar-refractivity contribution in [3.63, 3.8) is 0 Å². The third-order valence-electron chi connectivity index (χ3n) is 3.73. The molecule has 0 aliphatic heterocycles. The molecule has 1 aromatic heterocycles. The van der Waals surface area contributed by atoms with E-state index in [1.807, 2.05) is 51.2 Å². The van der Waals surface area contributed by atoms with Gasteiger partial charge < -0.3 is 4.74 Å². The second kappa shape index (κ2) is 9.24. The highest BCUT2D eigenvalue weighted by molar-refractivity contribution is 7.84. The molecule has 0 unspecified atom stereocenters. The summed E-state index contributed by atoms with van der Waals surface area (Å²) in [6, 6.07) is 7.72. The Morgan fingerprint density at radius 2 is 1.86 bits per heavy atom. The molecule has 152 valence electrons. The number of nitrogens with two attached hydrogens (primary N) is 1. The number of fused-ring (bicyclic) bond motifs is 1. The number of rotatable bonds is 6. The summed E-state index contributed by atoms with van der Waals surface area (Å²) < 4.78 is 32.7. The molecule has 28 heavy (non-hydrogen) atoms. The normalized spacial score (nSPS) is 11.9. The van der Waals surface area contributed by atoms with E-state index in [2.05, 4.69) is 16.0 Å². The van der Waals surface area contributed by atoms with Crippen molar-refractivity contribution >= 4 is 27.3 Å². The third-order valence-corrected chi connectivity index (χ3v) is 4.23. The summed E-state index contributed by atoms with van der Waals surface area (Å²) >= 11 is 0. The number of aryl methyl sites for hydroxylation is 1. The number of benzene rings is 1. The zero-order chi connectivity index (χ0) is 20.8. The number of para-hydroxylation sites is 1. The lowest BCUT2D eigenvalue weighted by Gasteiger charge is -2.19. The molecule has 0 fully saturated rings. The molecule has 0 aliphatic carbocycles. The molecule has 0 aliphatic rings. The number of unbranched alkanes of at least 4 members (excludes halogenated alkanes) is 1. The highest BCUT2D eigenvalue weighted by atomic mass is 32.2. The summed E-state index contributed by atoms with van der Waals surface area (Å²) in [5.74, 6) is 5.84. The topological polar surface area (TPSA) is 101 Å². The van der Waals surface area contributed by atoms with Gasteiger partial charge in [0, 0.05) is 24.4 Å². The van der Waals surface area contributed by atoms with Crippen LogP contribution in [0, 0.1) is 11.8 Å². The maximum absolute atomic E-state index is 12.5. The van der Waals surface area contributed by atoms with Gasteiger partial charge in [-0.05, 0) is 45.2 Å². The molecule has 7 nitrogen and oxygen atoms in total. The summed E-state index contributed by atoms with van der Waals surface area (Å²) in [6.07, 6.45) is 3.95. The minimum atomic E-state index is -3.90. The van der Waals surface area contributed by atoms with E-state index >= 15 is 0 Å². The lowest BCUT2D eigenvalue weighted by Crippen LogP contribution is -2.26. The van der Waals surface area contributed by atoms with Crippen LogP contribution in [0.5, 0.6) is 0 Å². The fourth-order valence-corrected chi connectivity index (χ4v) is 2.98. The van der Waals surface area contributed by atoms with Crippen LogP contribution in [-0.4, -0.2) is 31.3 Å². The van der Waals surface area contributed by atoms with E-state index in [1.165, 1.54) is 0 Å². The second-order valence-corrected chi connectivity index (χ2v) is 8.52. The zero-order valence-corrected chi connectivity index (χ0v) is 17.2. The average molecular weight is 407 g/mol. The first-order chi connectivity index (χ1) is 13.1. The smallest absolute Gasteiger partial charge is 0.419 e. The second-order valence-electron chi connectivity index (χ2n) is 7.29. The van der Waals surface area contributed by atoms with Gasteiger partial charge in [0.1, 0.15) is 5.60 Å².